The van der Waals surface area contributed by atoms with Gasteiger partial charge in [0.05, 0.1) is 37.4 Å². The molecule has 3 atom stereocenters. The maximum absolute atomic E-state index is 14.1. The van der Waals surface area contributed by atoms with Gasteiger partial charge < -0.3 is 29.6 Å². The molecule has 10 nitrogen and oxygen atoms in total. The Morgan fingerprint density at radius 2 is 1.75 bits per heavy atom. The van der Waals surface area contributed by atoms with Gasteiger partial charge in [0.25, 0.3) is 5.91 Å². The van der Waals surface area contributed by atoms with Crippen molar-refractivity contribution in [2.24, 2.45) is 17.8 Å². The SMILES string of the molecule is COc1cc(C(=O)N2CC3CN(C(=O)Cc4c[nH]c5cc(Cl)ccc45)CC(C(=O)Nc4ccc(Cc5ccccc5)nc4)C3C2)ccc1OC(C)C. The standard InChI is InChI=1S/C41H42ClN5O5/c1-25(2)52-37-14-9-27(16-38(37)51-3)41(50)47-22-29-21-46(39(48)17-28-19-44-36-18-30(42)10-13-33(28)36)24-35(34(29)23-47)40(49)45-32-12-11-31(43-20-32)15-26-7-5-4-6-8-26/h4-14,16,18-20,25,29,34-35,44H,15,17,21-24H2,1-3H3,(H,45,49). The number of pyridine rings is 1. The number of halogens is 1. The number of methoxy groups -OCH3 is 1. The maximum Gasteiger partial charge on any atom is 0.254 e. The summed E-state index contributed by atoms with van der Waals surface area (Å²) in [5.74, 6) is -0.148. The number of hydrogen-bond acceptors (Lipinski definition) is 6. The highest BCUT2D eigenvalue weighted by molar-refractivity contribution is 6.31. The molecule has 0 spiro atoms. The lowest BCUT2D eigenvalue weighted by atomic mass is 9.79. The molecule has 3 amide bonds. The van der Waals surface area contributed by atoms with Gasteiger partial charge in [-0.15, -0.1) is 0 Å². The van der Waals surface area contributed by atoms with E-state index in [1.54, 1.807) is 41.3 Å². The van der Waals surface area contributed by atoms with Gasteiger partial charge in [0.15, 0.2) is 11.5 Å². The summed E-state index contributed by atoms with van der Waals surface area (Å²) in [5.41, 5.74) is 4.83. The Morgan fingerprint density at radius 1 is 0.942 bits per heavy atom. The number of aromatic nitrogens is 2. The van der Waals surface area contributed by atoms with Crippen molar-refractivity contribution in [1.29, 1.82) is 0 Å². The van der Waals surface area contributed by atoms with E-state index in [1.165, 1.54) is 0 Å². The van der Waals surface area contributed by atoms with Crippen LogP contribution in [0, 0.1) is 17.8 Å². The maximum atomic E-state index is 14.1. The molecule has 2 N–H and O–H groups in total. The van der Waals surface area contributed by atoms with E-state index in [-0.39, 0.29) is 48.6 Å². The molecule has 2 aliphatic heterocycles. The molecule has 0 bridgehead atoms. The van der Waals surface area contributed by atoms with Crippen LogP contribution in [0.1, 0.15) is 41.0 Å². The molecule has 2 aliphatic rings. The molecule has 7 rings (SSSR count). The van der Waals surface area contributed by atoms with Gasteiger partial charge in [-0.05, 0) is 79.3 Å². The molecule has 268 valence electrons. The third-order valence-corrected chi connectivity index (χ3v) is 10.3. The number of fused-ring (bicyclic) bond motifs is 2. The number of benzene rings is 3. The number of H-pyrrole nitrogens is 1. The Kier molecular flexibility index (Phi) is 10.2. The molecule has 2 fully saturated rings. The van der Waals surface area contributed by atoms with Crippen LogP contribution in [0.4, 0.5) is 5.69 Å². The van der Waals surface area contributed by atoms with Crippen molar-refractivity contribution in [3.63, 3.8) is 0 Å². The molecule has 5 aromatic rings. The topological polar surface area (TPSA) is 117 Å². The van der Waals surface area contributed by atoms with E-state index in [1.807, 2.05) is 68.6 Å². The highest BCUT2D eigenvalue weighted by atomic mass is 35.5. The van der Waals surface area contributed by atoms with E-state index in [2.05, 4.69) is 27.4 Å². The summed E-state index contributed by atoms with van der Waals surface area (Å²) in [7, 11) is 1.55. The second-order valence-electron chi connectivity index (χ2n) is 13.9. The molecule has 52 heavy (non-hydrogen) atoms. The van der Waals surface area contributed by atoms with Gasteiger partial charge >= 0.3 is 0 Å². The quantitative estimate of drug-likeness (QED) is 0.167. The fraction of sp³-hybridized carbons (Fsp3) is 0.317. The predicted molar refractivity (Wildman–Crippen MR) is 201 cm³/mol. The Hall–Kier alpha value is -5.35. The zero-order valence-corrected chi connectivity index (χ0v) is 30.2. The Balaban J connectivity index is 1.10. The van der Waals surface area contributed by atoms with Crippen LogP contribution < -0.4 is 14.8 Å². The third-order valence-electron chi connectivity index (χ3n) is 10.0. The van der Waals surface area contributed by atoms with Crippen molar-refractivity contribution >= 4 is 45.9 Å². The molecule has 3 unspecified atom stereocenters. The number of aromatic amines is 1. The highest BCUT2D eigenvalue weighted by Gasteiger charge is 2.48. The number of nitrogens with one attached hydrogen (secondary N) is 2. The number of carbonyl (C=O) groups excluding carboxylic acids is 3. The smallest absolute Gasteiger partial charge is 0.254 e. The summed E-state index contributed by atoms with van der Waals surface area (Å²) < 4.78 is 11.4. The van der Waals surface area contributed by atoms with Crippen LogP contribution in [0.25, 0.3) is 10.9 Å². The van der Waals surface area contributed by atoms with Crippen molar-refractivity contribution in [2.75, 3.05) is 38.6 Å². The first-order valence-corrected chi connectivity index (χ1v) is 18.0. The predicted octanol–water partition coefficient (Wildman–Crippen LogP) is 6.63. The first-order valence-electron chi connectivity index (χ1n) is 17.6. The lowest BCUT2D eigenvalue weighted by Gasteiger charge is -2.39. The number of amides is 3. The van der Waals surface area contributed by atoms with E-state index in [4.69, 9.17) is 21.1 Å². The van der Waals surface area contributed by atoms with Crippen LogP contribution in [0.15, 0.2) is 91.3 Å². The van der Waals surface area contributed by atoms with Crippen LogP contribution in [0.2, 0.25) is 5.02 Å². The monoisotopic (exact) mass is 719 g/mol. The third kappa shape index (κ3) is 7.62. The Labute approximate surface area is 308 Å². The normalized spacial score (nSPS) is 18.4. The Bertz CT molecular complexity index is 2080. The molecular formula is C41H42ClN5O5. The average molecular weight is 720 g/mol. The molecule has 2 aromatic heterocycles. The van der Waals surface area contributed by atoms with Crippen LogP contribution in [-0.2, 0) is 22.4 Å². The van der Waals surface area contributed by atoms with Crippen molar-refractivity contribution in [3.8, 4) is 11.5 Å². The second kappa shape index (κ2) is 15.1. The van der Waals surface area contributed by atoms with E-state index in [0.29, 0.717) is 53.8 Å². The number of piperidine rings is 1. The zero-order valence-electron chi connectivity index (χ0n) is 29.5. The highest BCUT2D eigenvalue weighted by Crippen LogP contribution is 2.38. The molecule has 0 radical (unpaired) electrons. The number of ether oxygens (including phenoxy) is 2. The van der Waals surface area contributed by atoms with Gasteiger partial charge in [0, 0.05) is 66.0 Å². The fourth-order valence-corrected chi connectivity index (χ4v) is 7.65. The molecule has 0 aliphatic carbocycles. The van der Waals surface area contributed by atoms with E-state index in [0.717, 1.165) is 27.7 Å². The molecular weight excluding hydrogens is 678 g/mol. The summed E-state index contributed by atoms with van der Waals surface area (Å²) in [6.45, 7) is 5.37. The summed E-state index contributed by atoms with van der Waals surface area (Å²) in [6.07, 6.45) is 4.32. The lowest BCUT2D eigenvalue weighted by molar-refractivity contribution is -0.136. The van der Waals surface area contributed by atoms with Crippen LogP contribution in [-0.4, -0.2) is 76.9 Å². The summed E-state index contributed by atoms with van der Waals surface area (Å²) in [6, 6.07) is 24.6. The van der Waals surface area contributed by atoms with Gasteiger partial charge in [-0.1, -0.05) is 48.0 Å². The van der Waals surface area contributed by atoms with Crippen LogP contribution >= 0.6 is 11.6 Å². The van der Waals surface area contributed by atoms with Gasteiger partial charge in [-0.3, -0.25) is 19.4 Å². The minimum absolute atomic E-state index is 0.0524. The zero-order chi connectivity index (χ0) is 36.4. The van der Waals surface area contributed by atoms with Gasteiger partial charge in [-0.25, -0.2) is 0 Å². The first kappa shape index (κ1) is 35.1. The molecule has 4 heterocycles. The molecule has 0 saturated carbocycles. The summed E-state index contributed by atoms with van der Waals surface area (Å²) in [5, 5.41) is 4.62. The number of likely N-dealkylation sites (tertiary alicyclic amines) is 2. The minimum atomic E-state index is -0.539. The molecule has 2 saturated heterocycles. The van der Waals surface area contributed by atoms with Gasteiger partial charge in [-0.2, -0.15) is 0 Å². The van der Waals surface area contributed by atoms with Crippen molar-refractivity contribution in [3.05, 3.63) is 119 Å². The number of anilines is 1. The number of rotatable bonds is 10. The van der Waals surface area contributed by atoms with Crippen molar-refractivity contribution < 1.29 is 23.9 Å². The summed E-state index contributed by atoms with van der Waals surface area (Å²) >= 11 is 6.19. The van der Waals surface area contributed by atoms with E-state index in [9.17, 15) is 14.4 Å². The number of carbonyl (C=O) groups is 3. The van der Waals surface area contributed by atoms with Gasteiger partial charge in [0.2, 0.25) is 11.8 Å². The van der Waals surface area contributed by atoms with Crippen molar-refractivity contribution in [2.45, 2.75) is 32.8 Å². The second-order valence-corrected chi connectivity index (χ2v) is 14.4. The number of nitrogens with zero attached hydrogens (tertiary/aromatic N) is 3. The molecule has 11 heteroatoms. The number of hydrogen-bond donors (Lipinski definition) is 2. The first-order chi connectivity index (χ1) is 25.1. The van der Waals surface area contributed by atoms with E-state index >= 15 is 0 Å². The van der Waals surface area contributed by atoms with Gasteiger partial charge in [0.1, 0.15) is 0 Å². The van der Waals surface area contributed by atoms with Crippen LogP contribution in [0.5, 0.6) is 11.5 Å². The fourth-order valence-electron chi connectivity index (χ4n) is 7.48. The van der Waals surface area contributed by atoms with Crippen molar-refractivity contribution in [1.82, 2.24) is 19.8 Å². The largest absolute Gasteiger partial charge is 0.493 e. The van der Waals surface area contributed by atoms with E-state index < -0.39 is 5.92 Å². The summed E-state index contributed by atoms with van der Waals surface area (Å²) in [4.78, 5) is 53.4. The molecule has 3 aromatic carbocycles. The Morgan fingerprint density at radius 3 is 2.50 bits per heavy atom. The average Bonchev–Trinajstić information content (AvgIpc) is 3.76. The lowest BCUT2D eigenvalue weighted by Crippen LogP contribution is -2.52. The van der Waals surface area contributed by atoms with Crippen LogP contribution in [0.3, 0.4) is 0 Å². The minimum Gasteiger partial charge on any atom is -0.493 e.